The molecule has 2 heterocycles. The van der Waals surface area contributed by atoms with E-state index in [0.29, 0.717) is 6.54 Å². The summed E-state index contributed by atoms with van der Waals surface area (Å²) in [6.07, 6.45) is 0. The summed E-state index contributed by atoms with van der Waals surface area (Å²) in [5.41, 5.74) is 1.97. The van der Waals surface area contributed by atoms with Gasteiger partial charge in [-0.25, -0.2) is 0 Å². The van der Waals surface area contributed by atoms with Gasteiger partial charge in [0.25, 0.3) is 5.91 Å². The highest BCUT2D eigenvalue weighted by Crippen LogP contribution is 2.21. The maximum Gasteiger partial charge on any atom is 0.254 e. The molecular weight excluding hydrogens is 356 g/mol. The number of hydrogen-bond acceptors (Lipinski definition) is 4. The predicted octanol–water partition coefficient (Wildman–Crippen LogP) is 3.88. The SMILES string of the molecule is O=C(c1cccc2ccccc12)N(CCN1CCOCC1)Cc1ccsc1. The normalized spacial score (nSPS) is 15.1. The number of morpholine rings is 1. The van der Waals surface area contributed by atoms with Crippen molar-refractivity contribution in [2.75, 3.05) is 39.4 Å². The van der Waals surface area contributed by atoms with Gasteiger partial charge in [-0.15, -0.1) is 0 Å². The fourth-order valence-corrected chi connectivity index (χ4v) is 4.18. The molecule has 0 bridgehead atoms. The first-order chi connectivity index (χ1) is 13.3. The van der Waals surface area contributed by atoms with Crippen molar-refractivity contribution in [1.29, 1.82) is 0 Å². The Hall–Kier alpha value is -2.21. The molecule has 1 aliphatic rings. The summed E-state index contributed by atoms with van der Waals surface area (Å²) < 4.78 is 5.44. The van der Waals surface area contributed by atoms with Crippen molar-refractivity contribution >= 4 is 28.0 Å². The van der Waals surface area contributed by atoms with Crippen LogP contribution in [0.5, 0.6) is 0 Å². The number of benzene rings is 2. The first-order valence-electron chi connectivity index (χ1n) is 9.39. The third-order valence-electron chi connectivity index (χ3n) is 5.05. The Morgan fingerprint density at radius 1 is 1.07 bits per heavy atom. The van der Waals surface area contributed by atoms with E-state index in [1.807, 2.05) is 35.2 Å². The van der Waals surface area contributed by atoms with Crippen LogP contribution in [0.25, 0.3) is 10.8 Å². The van der Waals surface area contributed by atoms with Crippen molar-refractivity contribution in [3.05, 3.63) is 70.4 Å². The van der Waals surface area contributed by atoms with E-state index in [-0.39, 0.29) is 5.91 Å². The number of thiophene rings is 1. The zero-order valence-corrected chi connectivity index (χ0v) is 16.2. The molecule has 5 heteroatoms. The summed E-state index contributed by atoms with van der Waals surface area (Å²) in [5, 5.41) is 6.31. The molecule has 1 saturated heterocycles. The number of fused-ring (bicyclic) bond motifs is 1. The Labute approximate surface area is 164 Å². The minimum atomic E-state index is 0.103. The molecule has 0 saturated carbocycles. The van der Waals surface area contributed by atoms with E-state index in [1.165, 1.54) is 5.56 Å². The standard InChI is InChI=1S/C22H24N2O2S/c25-22(21-7-3-5-19-4-1-2-6-20(19)21)24(16-18-8-15-27-17-18)10-9-23-11-13-26-14-12-23/h1-8,15,17H,9-14,16H2. The zero-order chi connectivity index (χ0) is 18.5. The zero-order valence-electron chi connectivity index (χ0n) is 15.3. The first kappa shape index (κ1) is 18.2. The van der Waals surface area contributed by atoms with Gasteiger partial charge in [-0.1, -0.05) is 36.4 Å². The monoisotopic (exact) mass is 380 g/mol. The summed E-state index contributed by atoms with van der Waals surface area (Å²) in [5.74, 6) is 0.103. The predicted molar refractivity (Wildman–Crippen MR) is 110 cm³/mol. The number of amides is 1. The van der Waals surface area contributed by atoms with Crippen LogP contribution in [0.15, 0.2) is 59.3 Å². The highest BCUT2D eigenvalue weighted by molar-refractivity contribution is 7.07. The van der Waals surface area contributed by atoms with Crippen LogP contribution in [0.1, 0.15) is 15.9 Å². The van der Waals surface area contributed by atoms with Gasteiger partial charge in [0.1, 0.15) is 0 Å². The third kappa shape index (κ3) is 4.38. The molecule has 1 aromatic heterocycles. The van der Waals surface area contributed by atoms with E-state index >= 15 is 0 Å². The van der Waals surface area contributed by atoms with Gasteiger partial charge in [0.05, 0.1) is 13.2 Å². The van der Waals surface area contributed by atoms with Crippen LogP contribution >= 0.6 is 11.3 Å². The molecule has 0 atom stereocenters. The Kier molecular flexibility index (Phi) is 5.82. The molecule has 27 heavy (non-hydrogen) atoms. The molecule has 4 nitrogen and oxygen atoms in total. The Morgan fingerprint density at radius 2 is 1.89 bits per heavy atom. The first-order valence-corrected chi connectivity index (χ1v) is 10.3. The lowest BCUT2D eigenvalue weighted by atomic mass is 10.0. The van der Waals surface area contributed by atoms with Gasteiger partial charge in [0, 0.05) is 38.3 Å². The fourth-order valence-electron chi connectivity index (χ4n) is 3.52. The fraction of sp³-hybridized carbons (Fsp3) is 0.318. The van der Waals surface area contributed by atoms with Gasteiger partial charge in [-0.05, 0) is 39.2 Å². The lowest BCUT2D eigenvalue weighted by molar-refractivity contribution is 0.0320. The smallest absolute Gasteiger partial charge is 0.254 e. The van der Waals surface area contributed by atoms with Gasteiger partial charge < -0.3 is 9.64 Å². The van der Waals surface area contributed by atoms with E-state index < -0.39 is 0 Å². The van der Waals surface area contributed by atoms with Crippen molar-refractivity contribution in [3.63, 3.8) is 0 Å². The molecule has 1 amide bonds. The van der Waals surface area contributed by atoms with Crippen LogP contribution in [0.2, 0.25) is 0 Å². The average molecular weight is 381 g/mol. The molecule has 0 radical (unpaired) electrons. The molecule has 4 rings (SSSR count). The maximum atomic E-state index is 13.4. The van der Waals surface area contributed by atoms with Crippen LogP contribution < -0.4 is 0 Å². The van der Waals surface area contributed by atoms with Gasteiger partial charge >= 0.3 is 0 Å². The minimum absolute atomic E-state index is 0.103. The summed E-state index contributed by atoms with van der Waals surface area (Å²) in [6, 6.07) is 16.2. The van der Waals surface area contributed by atoms with E-state index in [0.717, 1.165) is 55.7 Å². The maximum absolute atomic E-state index is 13.4. The van der Waals surface area contributed by atoms with Crippen LogP contribution in [-0.2, 0) is 11.3 Å². The van der Waals surface area contributed by atoms with Crippen molar-refractivity contribution < 1.29 is 9.53 Å². The molecule has 1 aliphatic heterocycles. The minimum Gasteiger partial charge on any atom is -0.379 e. The second kappa shape index (κ2) is 8.65. The van der Waals surface area contributed by atoms with E-state index in [2.05, 4.69) is 33.9 Å². The third-order valence-corrected chi connectivity index (χ3v) is 5.78. The molecule has 3 aromatic rings. The summed E-state index contributed by atoms with van der Waals surface area (Å²) in [6.45, 7) is 5.69. The molecular formula is C22H24N2O2S. The van der Waals surface area contributed by atoms with Crippen molar-refractivity contribution in [1.82, 2.24) is 9.80 Å². The van der Waals surface area contributed by atoms with Gasteiger partial charge in [0.15, 0.2) is 0 Å². The number of rotatable bonds is 6. The number of ether oxygens (including phenoxy) is 1. The van der Waals surface area contributed by atoms with Crippen molar-refractivity contribution in [2.45, 2.75) is 6.54 Å². The van der Waals surface area contributed by atoms with E-state index in [4.69, 9.17) is 4.74 Å². The number of carbonyl (C=O) groups is 1. The molecule has 140 valence electrons. The van der Waals surface area contributed by atoms with Crippen LogP contribution in [-0.4, -0.2) is 55.1 Å². The van der Waals surface area contributed by atoms with E-state index in [1.54, 1.807) is 11.3 Å². The second-order valence-electron chi connectivity index (χ2n) is 6.84. The molecule has 0 spiro atoms. The molecule has 0 unspecified atom stereocenters. The molecule has 2 aromatic carbocycles. The van der Waals surface area contributed by atoms with Gasteiger partial charge in [-0.2, -0.15) is 11.3 Å². The summed E-state index contributed by atoms with van der Waals surface area (Å²) >= 11 is 1.67. The number of carbonyl (C=O) groups excluding carboxylic acids is 1. The van der Waals surface area contributed by atoms with Crippen molar-refractivity contribution in [2.24, 2.45) is 0 Å². The highest BCUT2D eigenvalue weighted by Gasteiger charge is 2.20. The number of nitrogens with zero attached hydrogens (tertiary/aromatic N) is 2. The van der Waals surface area contributed by atoms with Gasteiger partial charge in [-0.3, -0.25) is 9.69 Å². The lowest BCUT2D eigenvalue weighted by Crippen LogP contribution is -2.42. The summed E-state index contributed by atoms with van der Waals surface area (Å²) in [4.78, 5) is 17.8. The van der Waals surface area contributed by atoms with Crippen LogP contribution in [0, 0.1) is 0 Å². The Balaban J connectivity index is 1.57. The van der Waals surface area contributed by atoms with Crippen molar-refractivity contribution in [3.8, 4) is 0 Å². The second-order valence-corrected chi connectivity index (χ2v) is 7.62. The van der Waals surface area contributed by atoms with Gasteiger partial charge in [0.2, 0.25) is 0 Å². The quantitative estimate of drug-likeness (QED) is 0.651. The molecule has 0 aliphatic carbocycles. The largest absolute Gasteiger partial charge is 0.379 e. The topological polar surface area (TPSA) is 32.8 Å². The van der Waals surface area contributed by atoms with E-state index in [9.17, 15) is 4.79 Å². The highest BCUT2D eigenvalue weighted by atomic mass is 32.1. The average Bonchev–Trinajstić information content (AvgIpc) is 3.24. The Bertz CT molecular complexity index is 883. The number of hydrogen-bond donors (Lipinski definition) is 0. The van der Waals surface area contributed by atoms with Crippen LogP contribution in [0.3, 0.4) is 0 Å². The molecule has 0 N–H and O–H groups in total. The lowest BCUT2D eigenvalue weighted by Gasteiger charge is -2.30. The summed E-state index contributed by atoms with van der Waals surface area (Å²) in [7, 11) is 0. The molecule has 1 fully saturated rings. The Morgan fingerprint density at radius 3 is 2.70 bits per heavy atom. The van der Waals surface area contributed by atoms with Crippen LogP contribution in [0.4, 0.5) is 0 Å².